The van der Waals surface area contributed by atoms with E-state index in [9.17, 15) is 0 Å². The van der Waals surface area contributed by atoms with Crippen molar-refractivity contribution in [2.45, 2.75) is 127 Å². The van der Waals surface area contributed by atoms with Gasteiger partial charge in [-0.05, 0) is 0 Å². The van der Waals surface area contributed by atoms with Crippen molar-refractivity contribution in [3.05, 3.63) is 0 Å². The van der Waals surface area contributed by atoms with Crippen molar-refractivity contribution in [3.63, 3.8) is 0 Å². The molecule has 0 nitrogen and oxygen atoms in total. The molecule has 0 radical (unpaired) electrons. The van der Waals surface area contributed by atoms with Crippen LogP contribution in [0.2, 0.25) is 2.78 Å². The molecule has 0 bridgehead atoms. The van der Waals surface area contributed by atoms with Crippen LogP contribution in [0.25, 0.3) is 0 Å². The molecule has 0 unspecified atom stereocenters. The topological polar surface area (TPSA) is 0 Å². The zero-order valence-corrected chi connectivity index (χ0v) is 17.2. The van der Waals surface area contributed by atoms with Gasteiger partial charge in [-0.25, -0.2) is 0 Å². The second-order valence-electron chi connectivity index (χ2n) is 3.18. The Labute approximate surface area is 170 Å². The van der Waals surface area contributed by atoms with E-state index in [0.717, 1.165) is 0 Å². The van der Waals surface area contributed by atoms with E-state index < -0.39 is 0 Å². The second-order valence-corrected chi connectivity index (χ2v) is 5.20. The van der Waals surface area contributed by atoms with Gasteiger partial charge in [-0.1, -0.05) is 125 Å². The number of hydrogen-bond donors (Lipinski definition) is 0. The molecule has 0 aliphatic heterocycles. The molecule has 148 valence electrons. The van der Waals surface area contributed by atoms with Crippen LogP contribution in [0.1, 0.15) is 125 Å². The second kappa shape index (κ2) is 211. The molecule has 0 spiro atoms. The summed E-state index contributed by atoms with van der Waals surface area (Å²) in [5.74, 6) is 0. The fourth-order valence-electron chi connectivity index (χ4n) is 0. The molecule has 0 saturated heterocycles. The molecule has 0 aliphatic carbocycles. The zero-order valence-electron chi connectivity index (χ0n) is 15.2. The van der Waals surface area contributed by atoms with Crippen LogP contribution in [-0.4, -0.2) is 0 Å². The predicted octanol–water partition coefficient (Wildman–Crippen LogP) is 10.4. The first-order chi connectivity index (χ1) is 8.07. The normalized spacial score (nSPS) is 4.76. The van der Waals surface area contributed by atoms with Gasteiger partial charge in [-0.15, -0.1) is 0 Å². The summed E-state index contributed by atoms with van der Waals surface area (Å²) in [6.45, 7) is 21.0. The Kier molecular flexibility index (Phi) is 669. The summed E-state index contributed by atoms with van der Waals surface area (Å²) in [7, 11) is 0. The molecule has 0 fully saturated rings. The SMILES string of the molecule is C.C.C.C.CC.CCC.CCC.CCC.CCC.C[Xe]C. The van der Waals surface area contributed by atoms with Gasteiger partial charge in [-0.3, -0.25) is 0 Å². The summed E-state index contributed by atoms with van der Waals surface area (Å²) in [6, 6.07) is 0. The van der Waals surface area contributed by atoms with Crippen molar-refractivity contribution in [1.82, 2.24) is 0 Å². The van der Waals surface area contributed by atoms with Crippen molar-refractivity contribution >= 4 is 0 Å². The third-order valence-electron chi connectivity index (χ3n) is 0. The molecule has 0 aliphatic rings. The van der Waals surface area contributed by atoms with Crippen LogP contribution in [0, 0.1) is 44.2 Å². The molecule has 0 amide bonds. The fraction of sp³-hybridized carbons (Fsp3) is 1.00. The van der Waals surface area contributed by atoms with Crippen molar-refractivity contribution in [3.8, 4) is 0 Å². The van der Waals surface area contributed by atoms with Gasteiger partial charge in [-0.2, -0.15) is 0 Å². The molecule has 0 saturated carbocycles. The van der Waals surface area contributed by atoms with E-state index in [0.29, 0.717) is 44.2 Å². The maximum atomic E-state index is 2.22. The van der Waals surface area contributed by atoms with Crippen molar-refractivity contribution in [1.29, 1.82) is 0 Å². The van der Waals surface area contributed by atoms with Crippen LogP contribution in [0.4, 0.5) is 0 Å². The monoisotopic (exact) mass is 432 g/mol. The van der Waals surface area contributed by atoms with Gasteiger partial charge < -0.3 is 0 Å². The van der Waals surface area contributed by atoms with Crippen LogP contribution in [-0.2, 0) is 0 Å². The van der Waals surface area contributed by atoms with E-state index >= 15 is 0 Å². The standard InChI is InChI=1S/4C3H8.C2H6Xe.C2H6.4CH4/c5*1-3-2;1-2;;;;/h4*3H2,1-2H3;1-2H3;1-2H3;4*1H4. The van der Waals surface area contributed by atoms with Gasteiger partial charge in [0.05, 0.1) is 0 Å². The maximum absolute atomic E-state index is 2.22. The van der Waals surface area contributed by atoms with Gasteiger partial charge in [0.25, 0.3) is 0 Å². The summed E-state index contributed by atoms with van der Waals surface area (Å²) in [5, 5.41) is 0. The van der Waals surface area contributed by atoms with Gasteiger partial charge in [0.15, 0.2) is 0 Å². The van der Waals surface area contributed by atoms with Crippen LogP contribution in [0.15, 0.2) is 0 Å². The summed E-state index contributed by atoms with van der Waals surface area (Å²) >= 11 is 0.710. The van der Waals surface area contributed by atoms with E-state index in [1.807, 2.05) is 13.8 Å². The first-order valence-electron chi connectivity index (χ1n) is 7.36. The number of rotatable bonds is 0. The predicted molar refractivity (Wildman–Crippen MR) is 114 cm³/mol. The third-order valence-corrected chi connectivity index (χ3v) is 0. The summed E-state index contributed by atoms with van der Waals surface area (Å²) in [6.07, 6.45) is 5.00. The van der Waals surface area contributed by atoms with E-state index in [1.165, 1.54) is 25.7 Å². The molecule has 0 aromatic rings. The Morgan fingerprint density at radius 2 is 0.429 bits per heavy atom. The molecule has 0 rings (SSSR count). The van der Waals surface area contributed by atoms with Crippen molar-refractivity contribution in [2.75, 3.05) is 0 Å². The molecule has 0 atom stereocenters. The van der Waals surface area contributed by atoms with E-state index in [2.05, 4.69) is 58.2 Å². The molecule has 0 heterocycles. The molecule has 0 aromatic heterocycles. The Morgan fingerprint density at radius 1 is 0.429 bits per heavy atom. The van der Waals surface area contributed by atoms with E-state index in [4.69, 9.17) is 0 Å². The Balaban J connectivity index is -0.00000000836. The van der Waals surface area contributed by atoms with Gasteiger partial charge >= 0.3 is 47.0 Å². The van der Waals surface area contributed by atoms with Crippen LogP contribution >= 0.6 is 0 Å². The van der Waals surface area contributed by atoms with Crippen molar-refractivity contribution < 1.29 is 44.2 Å². The molecular weight excluding hydrogens is 372 g/mol. The first-order valence-corrected chi connectivity index (χ1v) is 11.4. The first kappa shape index (κ1) is 66.5. The van der Waals surface area contributed by atoms with Gasteiger partial charge in [0.1, 0.15) is 0 Å². The summed E-state index contributed by atoms with van der Waals surface area (Å²) in [4.78, 5) is 0. The average molecular weight is 432 g/mol. The summed E-state index contributed by atoms with van der Waals surface area (Å²) < 4.78 is 4.43. The average Bonchev–Trinajstić information content (AvgIpc) is 2.25. The molecule has 1 heteroatoms. The van der Waals surface area contributed by atoms with Crippen LogP contribution in [0.3, 0.4) is 0 Å². The minimum absolute atomic E-state index is 0. The fourth-order valence-corrected chi connectivity index (χ4v) is 0. The minimum atomic E-state index is 0. The summed E-state index contributed by atoms with van der Waals surface area (Å²) in [5.41, 5.74) is 0. The molecule has 21 heavy (non-hydrogen) atoms. The van der Waals surface area contributed by atoms with Crippen LogP contribution < -0.4 is 0 Å². The van der Waals surface area contributed by atoms with Gasteiger partial charge in [0.2, 0.25) is 0 Å². The molecule has 0 aromatic carbocycles. The van der Waals surface area contributed by atoms with Crippen LogP contribution in [0.5, 0.6) is 0 Å². The Hall–Kier alpha value is 1.57. The quantitative estimate of drug-likeness (QED) is 0.357. The number of hydrogen-bond acceptors (Lipinski definition) is 0. The molecular formula is C20H60Xe. The zero-order chi connectivity index (χ0) is 15.5. The van der Waals surface area contributed by atoms with E-state index in [1.54, 1.807) is 0 Å². The van der Waals surface area contributed by atoms with Crippen molar-refractivity contribution in [2.24, 2.45) is 0 Å². The third kappa shape index (κ3) is 3350. The Bertz CT molecular complexity index is 17.4. The van der Waals surface area contributed by atoms with Gasteiger partial charge in [0, 0.05) is 0 Å². The molecule has 0 N–H and O–H groups in total. The van der Waals surface area contributed by atoms with E-state index in [-0.39, 0.29) is 29.7 Å². The Morgan fingerprint density at radius 3 is 0.429 bits per heavy atom.